The van der Waals surface area contributed by atoms with Crippen LogP contribution in [0.2, 0.25) is 0 Å². The summed E-state index contributed by atoms with van der Waals surface area (Å²) >= 11 is 0. The van der Waals surface area contributed by atoms with E-state index >= 15 is 0 Å². The molecule has 2 heterocycles. The van der Waals surface area contributed by atoms with Crippen molar-refractivity contribution >= 4 is 28.5 Å². The van der Waals surface area contributed by atoms with Gasteiger partial charge in [0.05, 0.1) is 26.5 Å². The number of hydrogen-bond donors (Lipinski definition) is 5. The Morgan fingerprint density at radius 2 is 2.03 bits per heavy atom. The van der Waals surface area contributed by atoms with Crippen LogP contribution in [-0.2, 0) is 14.3 Å². The average molecular weight is 489 g/mol. The van der Waals surface area contributed by atoms with Crippen LogP contribution in [0.25, 0.3) is 10.9 Å². The minimum Gasteiger partial charge on any atom is -0.496 e. The van der Waals surface area contributed by atoms with Gasteiger partial charge in [0.15, 0.2) is 5.78 Å². The molecule has 1 saturated heterocycles. The van der Waals surface area contributed by atoms with Gasteiger partial charge < -0.3 is 30.2 Å². The third kappa shape index (κ3) is 7.27. The first-order chi connectivity index (χ1) is 16.8. The van der Waals surface area contributed by atoms with E-state index in [2.05, 4.69) is 20.9 Å². The minimum atomic E-state index is -0.858. The Hall–Kier alpha value is -2.95. The molecular weight excluding hydrogens is 452 g/mol. The average Bonchev–Trinajstić information content (AvgIpc) is 3.12. The Bertz CT molecular complexity index is 1010. The van der Waals surface area contributed by atoms with Gasteiger partial charge in [-0.05, 0) is 55.8 Å². The third-order valence-corrected chi connectivity index (χ3v) is 6.13. The highest BCUT2D eigenvalue weighted by Gasteiger charge is 2.30. The summed E-state index contributed by atoms with van der Waals surface area (Å²) in [5.74, 6) is -0.546. The zero-order valence-electron chi connectivity index (χ0n) is 20.6. The Kier molecular flexibility index (Phi) is 9.64. The van der Waals surface area contributed by atoms with Gasteiger partial charge in [-0.15, -0.1) is 0 Å². The number of aromatic amines is 1. The summed E-state index contributed by atoms with van der Waals surface area (Å²) in [5.41, 5.74) is 1.05. The summed E-state index contributed by atoms with van der Waals surface area (Å²) in [6, 6.07) is 5.44. The first-order valence-corrected chi connectivity index (χ1v) is 12.0. The topological polar surface area (TPSA) is 142 Å². The molecule has 0 aliphatic carbocycles. The van der Waals surface area contributed by atoms with Crippen molar-refractivity contribution in [1.29, 1.82) is 0 Å². The largest absolute Gasteiger partial charge is 0.496 e. The lowest BCUT2D eigenvalue weighted by molar-refractivity contribution is -0.131. The van der Waals surface area contributed by atoms with E-state index in [1.165, 1.54) is 0 Å². The number of rotatable bonds is 11. The Morgan fingerprint density at radius 1 is 1.23 bits per heavy atom. The molecule has 1 aromatic carbocycles. The summed E-state index contributed by atoms with van der Waals surface area (Å²) in [6.07, 6.45) is 1.54. The van der Waals surface area contributed by atoms with Crippen LogP contribution < -0.4 is 20.7 Å². The van der Waals surface area contributed by atoms with Crippen LogP contribution in [0.3, 0.4) is 0 Å². The Balaban J connectivity index is 1.73. The molecule has 1 aliphatic rings. The summed E-state index contributed by atoms with van der Waals surface area (Å²) in [4.78, 5) is 41.8. The fourth-order valence-corrected chi connectivity index (χ4v) is 4.30. The maximum atomic E-state index is 13.2. The van der Waals surface area contributed by atoms with E-state index in [0.29, 0.717) is 37.6 Å². The smallest absolute Gasteiger partial charge is 0.268 e. The van der Waals surface area contributed by atoms with Crippen molar-refractivity contribution in [3.05, 3.63) is 30.0 Å². The number of aliphatic hydroxyl groups excluding tert-OH is 1. The molecule has 35 heavy (non-hydrogen) atoms. The maximum Gasteiger partial charge on any atom is 0.268 e. The van der Waals surface area contributed by atoms with Gasteiger partial charge in [0.2, 0.25) is 5.91 Å². The highest BCUT2D eigenvalue weighted by molar-refractivity contribution is 6.01. The molecule has 0 bridgehead atoms. The van der Waals surface area contributed by atoms with Gasteiger partial charge in [0.25, 0.3) is 5.91 Å². The Labute approximate surface area is 205 Å². The Morgan fingerprint density at radius 3 is 2.74 bits per heavy atom. The molecule has 3 atom stereocenters. The van der Waals surface area contributed by atoms with Crippen molar-refractivity contribution in [2.45, 2.75) is 45.2 Å². The van der Waals surface area contributed by atoms with E-state index in [-0.39, 0.29) is 11.8 Å². The number of carbonyl (C=O) groups is 3. The van der Waals surface area contributed by atoms with Gasteiger partial charge in [0, 0.05) is 10.9 Å². The lowest BCUT2D eigenvalue weighted by atomic mass is 9.94. The first-order valence-electron chi connectivity index (χ1n) is 12.0. The molecule has 3 rings (SSSR count). The molecule has 0 saturated carbocycles. The summed E-state index contributed by atoms with van der Waals surface area (Å²) in [5, 5.41) is 18.9. The number of methoxy groups -OCH3 is 1. The molecule has 1 fully saturated rings. The number of nitrogens with one attached hydrogen (secondary N) is 4. The number of aromatic nitrogens is 1. The van der Waals surface area contributed by atoms with E-state index in [1.807, 2.05) is 26.0 Å². The van der Waals surface area contributed by atoms with Crippen LogP contribution in [0, 0.1) is 11.8 Å². The van der Waals surface area contributed by atoms with Crippen LogP contribution in [0.1, 0.15) is 43.6 Å². The SMILES string of the molecule is COc1cccc2[nH]c(C(=O)NC(CC(C)C)C(=O)NC(CC3CCNCOC3)C(=O)CO)cc12. The van der Waals surface area contributed by atoms with Crippen molar-refractivity contribution < 1.29 is 29.0 Å². The quantitative estimate of drug-likeness (QED) is 0.321. The molecule has 0 radical (unpaired) electrons. The number of ether oxygens (including phenoxy) is 2. The van der Waals surface area contributed by atoms with Gasteiger partial charge in [0.1, 0.15) is 24.1 Å². The van der Waals surface area contributed by atoms with Crippen molar-refractivity contribution in [1.82, 2.24) is 20.9 Å². The molecule has 1 aliphatic heterocycles. The molecule has 3 unspecified atom stereocenters. The number of carbonyl (C=O) groups excluding carboxylic acids is 3. The van der Waals surface area contributed by atoms with E-state index < -0.39 is 36.3 Å². The van der Waals surface area contributed by atoms with E-state index in [1.54, 1.807) is 19.2 Å². The number of hydrogen-bond acceptors (Lipinski definition) is 7. The highest BCUT2D eigenvalue weighted by Crippen LogP contribution is 2.26. The molecule has 2 amide bonds. The number of fused-ring (bicyclic) bond motifs is 1. The van der Waals surface area contributed by atoms with Crippen LogP contribution in [-0.4, -0.2) is 73.4 Å². The zero-order valence-corrected chi connectivity index (χ0v) is 20.6. The number of amides is 2. The van der Waals surface area contributed by atoms with Crippen molar-refractivity contribution in [2.24, 2.45) is 11.8 Å². The molecule has 10 heteroatoms. The summed E-state index contributed by atoms with van der Waals surface area (Å²) < 4.78 is 10.9. The van der Waals surface area contributed by atoms with Gasteiger partial charge in [-0.2, -0.15) is 0 Å². The van der Waals surface area contributed by atoms with Gasteiger partial charge in [-0.3, -0.25) is 19.7 Å². The van der Waals surface area contributed by atoms with Crippen LogP contribution in [0.4, 0.5) is 0 Å². The lowest BCUT2D eigenvalue weighted by Gasteiger charge is -2.25. The lowest BCUT2D eigenvalue weighted by Crippen LogP contribution is -2.53. The summed E-state index contributed by atoms with van der Waals surface area (Å²) in [6.45, 7) is 4.89. The van der Waals surface area contributed by atoms with Crippen LogP contribution in [0.15, 0.2) is 24.3 Å². The van der Waals surface area contributed by atoms with Gasteiger partial charge >= 0.3 is 0 Å². The molecule has 10 nitrogen and oxygen atoms in total. The summed E-state index contributed by atoms with van der Waals surface area (Å²) in [7, 11) is 1.56. The molecule has 2 aromatic rings. The highest BCUT2D eigenvalue weighted by atomic mass is 16.5. The van der Waals surface area contributed by atoms with Crippen molar-refractivity contribution in [3.63, 3.8) is 0 Å². The molecule has 0 spiro atoms. The number of ketones is 1. The standard InChI is InChI=1S/C25H36N4O6/c1-15(2)9-20(29-25(33)21-11-17-18(27-21)5-4-6-23(17)34-3)24(32)28-19(22(31)12-30)10-16-7-8-26-14-35-13-16/h4-6,11,15-16,19-20,26-27,30H,7-10,12-14H2,1-3H3,(H,28,32)(H,29,33). The van der Waals surface area contributed by atoms with E-state index in [9.17, 15) is 19.5 Å². The van der Waals surface area contributed by atoms with Crippen molar-refractivity contribution in [2.75, 3.05) is 33.6 Å². The fourth-order valence-electron chi connectivity index (χ4n) is 4.30. The molecule has 1 aromatic heterocycles. The molecule has 5 N–H and O–H groups in total. The number of aliphatic hydroxyl groups is 1. The first kappa shape index (κ1) is 26.7. The predicted molar refractivity (Wildman–Crippen MR) is 131 cm³/mol. The van der Waals surface area contributed by atoms with Crippen molar-refractivity contribution in [3.8, 4) is 5.75 Å². The fraction of sp³-hybridized carbons (Fsp3) is 0.560. The van der Waals surface area contributed by atoms with Gasteiger partial charge in [-0.25, -0.2) is 0 Å². The monoisotopic (exact) mass is 488 g/mol. The third-order valence-electron chi connectivity index (χ3n) is 6.13. The minimum absolute atomic E-state index is 0.0604. The second kappa shape index (κ2) is 12.7. The zero-order chi connectivity index (χ0) is 25.4. The molecule has 192 valence electrons. The normalized spacial score (nSPS) is 18.0. The van der Waals surface area contributed by atoms with Crippen LogP contribution in [0.5, 0.6) is 5.75 Å². The number of H-pyrrole nitrogens is 1. The predicted octanol–water partition coefficient (Wildman–Crippen LogP) is 1.34. The van der Waals surface area contributed by atoms with E-state index in [4.69, 9.17) is 9.47 Å². The molecular formula is C25H36N4O6. The number of benzene rings is 1. The maximum absolute atomic E-state index is 13.2. The van der Waals surface area contributed by atoms with Gasteiger partial charge in [-0.1, -0.05) is 19.9 Å². The second-order valence-corrected chi connectivity index (χ2v) is 9.35. The van der Waals surface area contributed by atoms with Crippen LogP contribution >= 0.6 is 0 Å². The number of Topliss-reactive ketones (excluding diaryl/α,β-unsaturated/α-hetero) is 1. The second-order valence-electron chi connectivity index (χ2n) is 9.35. The van der Waals surface area contributed by atoms with E-state index in [0.717, 1.165) is 23.9 Å².